The number of anilines is 2. The predicted molar refractivity (Wildman–Crippen MR) is 109 cm³/mol. The molecule has 1 amide bonds. The minimum atomic E-state index is -0.319. The number of benzene rings is 2. The van der Waals surface area contributed by atoms with Crippen molar-refractivity contribution in [3.8, 4) is 0 Å². The van der Waals surface area contributed by atoms with Crippen LogP contribution in [0.5, 0.6) is 0 Å². The summed E-state index contributed by atoms with van der Waals surface area (Å²) in [6.07, 6.45) is 0. The van der Waals surface area contributed by atoms with Crippen LogP contribution in [-0.2, 0) is 6.54 Å². The molecule has 2 N–H and O–H groups in total. The Morgan fingerprint density at radius 2 is 1.75 bits per heavy atom. The van der Waals surface area contributed by atoms with Crippen LogP contribution in [0.15, 0.2) is 54.6 Å². The lowest BCUT2D eigenvalue weighted by Gasteiger charge is -2.10. The number of carbonyl (C=O) groups excluding carboxylic acids is 2. The average Bonchev–Trinajstić information content (AvgIpc) is 2.67. The minimum absolute atomic E-state index is 0.00177. The van der Waals surface area contributed by atoms with E-state index < -0.39 is 0 Å². The highest BCUT2D eigenvalue weighted by atomic mass is 35.5. The topological polar surface area (TPSA) is 84.0 Å². The number of halogens is 1. The predicted octanol–water partition coefficient (Wildman–Crippen LogP) is 4.31. The number of aryl methyl sites for hydroxylation is 1. The monoisotopic (exact) mass is 394 g/mol. The molecule has 0 atom stereocenters. The van der Waals surface area contributed by atoms with Crippen LogP contribution in [0, 0.1) is 6.92 Å². The van der Waals surface area contributed by atoms with E-state index in [1.165, 1.54) is 6.92 Å². The Morgan fingerprint density at radius 3 is 2.43 bits per heavy atom. The number of nitrogens with one attached hydrogen (secondary N) is 2. The number of ketones is 1. The maximum atomic E-state index is 12.5. The van der Waals surface area contributed by atoms with Gasteiger partial charge in [-0.15, -0.1) is 0 Å². The Bertz CT molecular complexity index is 1020. The summed E-state index contributed by atoms with van der Waals surface area (Å²) in [5.74, 6) is 0.640. The quantitative estimate of drug-likeness (QED) is 0.608. The van der Waals surface area contributed by atoms with Crippen LogP contribution in [0.1, 0.15) is 39.2 Å². The lowest BCUT2D eigenvalue weighted by Crippen LogP contribution is -2.24. The number of nitrogens with zero attached hydrogens (tertiary/aromatic N) is 2. The van der Waals surface area contributed by atoms with E-state index in [0.29, 0.717) is 28.8 Å². The van der Waals surface area contributed by atoms with Gasteiger partial charge in [-0.1, -0.05) is 29.8 Å². The van der Waals surface area contributed by atoms with E-state index in [1.54, 1.807) is 43.3 Å². The molecule has 6 nitrogen and oxygen atoms in total. The third-order valence-corrected chi connectivity index (χ3v) is 4.40. The van der Waals surface area contributed by atoms with Crippen molar-refractivity contribution in [3.63, 3.8) is 0 Å². The lowest BCUT2D eigenvalue weighted by atomic mass is 10.1. The fourth-order valence-electron chi connectivity index (χ4n) is 2.59. The van der Waals surface area contributed by atoms with Crippen LogP contribution in [0.25, 0.3) is 0 Å². The molecular formula is C21H19ClN4O2. The van der Waals surface area contributed by atoms with Crippen molar-refractivity contribution in [2.75, 3.05) is 5.32 Å². The first-order chi connectivity index (χ1) is 13.4. The molecule has 1 aromatic heterocycles. The van der Waals surface area contributed by atoms with Crippen molar-refractivity contribution < 1.29 is 9.59 Å². The van der Waals surface area contributed by atoms with Crippen molar-refractivity contribution in [1.29, 1.82) is 0 Å². The Labute approximate surface area is 168 Å². The zero-order chi connectivity index (χ0) is 20.1. The number of Topliss-reactive ketones (excluding diaryl/α,β-unsaturated/α-hetero) is 1. The fraction of sp³-hybridized carbons (Fsp3) is 0.143. The maximum Gasteiger partial charge on any atom is 0.270 e. The van der Waals surface area contributed by atoms with Crippen molar-refractivity contribution in [3.05, 3.63) is 82.3 Å². The van der Waals surface area contributed by atoms with Gasteiger partial charge in [0.1, 0.15) is 17.3 Å². The second-order valence-electron chi connectivity index (χ2n) is 6.22. The van der Waals surface area contributed by atoms with E-state index in [1.807, 2.05) is 18.2 Å². The molecule has 0 bridgehead atoms. The zero-order valence-electron chi connectivity index (χ0n) is 15.5. The first-order valence-corrected chi connectivity index (χ1v) is 9.05. The van der Waals surface area contributed by atoms with Gasteiger partial charge < -0.3 is 10.6 Å². The summed E-state index contributed by atoms with van der Waals surface area (Å²) in [4.78, 5) is 32.4. The number of amides is 1. The number of carbonyl (C=O) groups is 2. The summed E-state index contributed by atoms with van der Waals surface area (Å²) in [6.45, 7) is 3.54. The molecule has 2 aromatic carbocycles. The van der Waals surface area contributed by atoms with Gasteiger partial charge in [0.05, 0.1) is 0 Å². The number of hydrogen-bond donors (Lipinski definition) is 2. The Morgan fingerprint density at radius 1 is 1.04 bits per heavy atom. The first kappa shape index (κ1) is 19.5. The molecule has 0 radical (unpaired) electrons. The second-order valence-corrected chi connectivity index (χ2v) is 6.63. The third kappa shape index (κ3) is 4.92. The molecule has 0 saturated carbocycles. The zero-order valence-corrected chi connectivity index (χ0v) is 16.2. The van der Waals surface area contributed by atoms with Crippen LogP contribution in [0.4, 0.5) is 11.5 Å². The molecule has 0 aliphatic carbocycles. The van der Waals surface area contributed by atoms with E-state index in [9.17, 15) is 9.59 Å². The summed E-state index contributed by atoms with van der Waals surface area (Å²) in [7, 11) is 0. The van der Waals surface area contributed by atoms with Crippen molar-refractivity contribution in [2.24, 2.45) is 0 Å². The molecule has 0 saturated heterocycles. The largest absolute Gasteiger partial charge is 0.347 e. The summed E-state index contributed by atoms with van der Waals surface area (Å²) < 4.78 is 0. The van der Waals surface area contributed by atoms with Gasteiger partial charge in [0.25, 0.3) is 5.91 Å². The van der Waals surface area contributed by atoms with Gasteiger partial charge in [-0.3, -0.25) is 9.59 Å². The number of aromatic nitrogens is 2. The molecule has 142 valence electrons. The van der Waals surface area contributed by atoms with E-state index in [-0.39, 0.29) is 17.4 Å². The standard InChI is InChI=1S/C21H19ClN4O2/c1-13(27)15-7-9-17(10-8-15)26-20-11-19(24-14(2)25-20)21(28)23-12-16-5-3-4-6-18(16)22/h3-11H,12H2,1-2H3,(H,23,28)(H,24,25,26). The molecule has 7 heteroatoms. The molecule has 0 unspecified atom stereocenters. The summed E-state index contributed by atoms with van der Waals surface area (Å²) in [6, 6.07) is 15.9. The van der Waals surface area contributed by atoms with Gasteiger partial charge in [-0.05, 0) is 49.7 Å². The third-order valence-electron chi connectivity index (χ3n) is 4.03. The van der Waals surface area contributed by atoms with Crippen LogP contribution in [0.3, 0.4) is 0 Å². The van der Waals surface area contributed by atoms with Gasteiger partial charge in [-0.25, -0.2) is 9.97 Å². The molecule has 0 spiro atoms. The van der Waals surface area contributed by atoms with Crippen molar-refractivity contribution in [2.45, 2.75) is 20.4 Å². The normalized spacial score (nSPS) is 10.4. The molecule has 3 aromatic rings. The van der Waals surface area contributed by atoms with Gasteiger partial charge >= 0.3 is 0 Å². The highest BCUT2D eigenvalue weighted by molar-refractivity contribution is 6.31. The highest BCUT2D eigenvalue weighted by Crippen LogP contribution is 2.17. The van der Waals surface area contributed by atoms with Crippen molar-refractivity contribution in [1.82, 2.24) is 15.3 Å². The molecular weight excluding hydrogens is 376 g/mol. The van der Waals surface area contributed by atoms with E-state index in [0.717, 1.165) is 11.3 Å². The number of hydrogen-bond acceptors (Lipinski definition) is 5. The summed E-state index contributed by atoms with van der Waals surface area (Å²) in [5.41, 5.74) is 2.46. The van der Waals surface area contributed by atoms with Crippen LogP contribution in [0.2, 0.25) is 5.02 Å². The minimum Gasteiger partial charge on any atom is -0.347 e. The van der Waals surface area contributed by atoms with Gasteiger partial charge in [0.15, 0.2) is 5.78 Å². The Kier molecular flexibility index (Phi) is 6.01. The molecule has 0 fully saturated rings. The van der Waals surface area contributed by atoms with E-state index in [2.05, 4.69) is 20.6 Å². The van der Waals surface area contributed by atoms with Gasteiger partial charge in [0.2, 0.25) is 0 Å². The maximum absolute atomic E-state index is 12.5. The molecule has 28 heavy (non-hydrogen) atoms. The van der Waals surface area contributed by atoms with Crippen LogP contribution >= 0.6 is 11.6 Å². The first-order valence-electron chi connectivity index (χ1n) is 8.67. The summed E-state index contributed by atoms with van der Waals surface area (Å²) >= 11 is 6.12. The van der Waals surface area contributed by atoms with Crippen LogP contribution in [-0.4, -0.2) is 21.7 Å². The number of rotatable bonds is 6. The smallest absolute Gasteiger partial charge is 0.270 e. The highest BCUT2D eigenvalue weighted by Gasteiger charge is 2.11. The Balaban J connectivity index is 1.72. The van der Waals surface area contributed by atoms with E-state index in [4.69, 9.17) is 11.6 Å². The second kappa shape index (κ2) is 8.63. The molecule has 0 aliphatic rings. The fourth-order valence-corrected chi connectivity index (χ4v) is 2.79. The van der Waals surface area contributed by atoms with Gasteiger partial charge in [-0.2, -0.15) is 0 Å². The summed E-state index contributed by atoms with van der Waals surface area (Å²) in [5, 5.41) is 6.54. The molecule has 0 aliphatic heterocycles. The van der Waals surface area contributed by atoms with Crippen LogP contribution < -0.4 is 10.6 Å². The lowest BCUT2D eigenvalue weighted by molar-refractivity contribution is 0.0944. The average molecular weight is 395 g/mol. The Hall–Kier alpha value is -3.25. The SMILES string of the molecule is CC(=O)c1ccc(Nc2cc(C(=O)NCc3ccccc3Cl)nc(C)n2)cc1. The van der Waals surface area contributed by atoms with E-state index >= 15 is 0 Å². The molecule has 1 heterocycles. The van der Waals surface area contributed by atoms with Crippen molar-refractivity contribution >= 4 is 34.8 Å². The van der Waals surface area contributed by atoms with Gasteiger partial charge in [0, 0.05) is 28.9 Å². The molecule has 3 rings (SSSR count).